The van der Waals surface area contributed by atoms with Gasteiger partial charge in [0.05, 0.1) is 17.4 Å². The Kier molecular flexibility index (Phi) is 3.46. The van der Waals surface area contributed by atoms with E-state index in [1.807, 2.05) is 0 Å². The Morgan fingerprint density at radius 2 is 1.79 bits per heavy atom. The lowest BCUT2D eigenvalue weighted by Crippen LogP contribution is -2.29. The number of carbonyl (C=O) groups excluding carboxylic acids is 3. The van der Waals surface area contributed by atoms with Crippen molar-refractivity contribution in [1.29, 1.82) is 0 Å². The zero-order valence-corrected chi connectivity index (χ0v) is 10.6. The van der Waals surface area contributed by atoms with Crippen LogP contribution >= 0.6 is 0 Å². The molecule has 0 radical (unpaired) electrons. The van der Waals surface area contributed by atoms with E-state index in [1.165, 1.54) is 18.2 Å². The minimum Gasteiger partial charge on any atom is -0.459 e. The smallest absolute Gasteiger partial charge is 0.338 e. The van der Waals surface area contributed by atoms with Crippen molar-refractivity contribution in [2.75, 3.05) is 4.90 Å². The largest absolute Gasteiger partial charge is 0.459 e. The summed E-state index contributed by atoms with van der Waals surface area (Å²) in [5, 5.41) is 0. The average Bonchev–Trinajstić information content (AvgIpc) is 2.68. The van der Waals surface area contributed by atoms with Gasteiger partial charge in [0.15, 0.2) is 0 Å². The summed E-state index contributed by atoms with van der Waals surface area (Å²) in [6.07, 6.45) is 2.16. The van der Waals surface area contributed by atoms with Gasteiger partial charge in [0.1, 0.15) is 0 Å². The molecule has 1 aromatic rings. The van der Waals surface area contributed by atoms with E-state index in [0.29, 0.717) is 11.3 Å². The fourth-order valence-electron chi connectivity index (χ4n) is 1.71. The SMILES string of the molecule is CC(C)OC(=O)c1cccc(N2C(=O)C=CC2=O)c1. The summed E-state index contributed by atoms with van der Waals surface area (Å²) in [6, 6.07) is 6.24. The monoisotopic (exact) mass is 259 g/mol. The number of benzene rings is 1. The molecule has 0 saturated carbocycles. The van der Waals surface area contributed by atoms with E-state index in [2.05, 4.69) is 0 Å². The van der Waals surface area contributed by atoms with Crippen molar-refractivity contribution in [3.05, 3.63) is 42.0 Å². The van der Waals surface area contributed by atoms with Gasteiger partial charge in [-0.25, -0.2) is 9.69 Å². The van der Waals surface area contributed by atoms with Crippen molar-refractivity contribution in [3.8, 4) is 0 Å². The van der Waals surface area contributed by atoms with Crippen molar-refractivity contribution in [2.45, 2.75) is 20.0 Å². The van der Waals surface area contributed by atoms with Gasteiger partial charge in [0.2, 0.25) is 0 Å². The predicted octanol–water partition coefficient (Wildman–Crippen LogP) is 1.68. The Labute approximate surface area is 110 Å². The summed E-state index contributed by atoms with van der Waals surface area (Å²) >= 11 is 0. The average molecular weight is 259 g/mol. The normalized spacial score (nSPS) is 14.4. The Balaban J connectivity index is 2.27. The van der Waals surface area contributed by atoms with E-state index in [9.17, 15) is 14.4 Å². The lowest BCUT2D eigenvalue weighted by atomic mass is 10.2. The molecule has 2 amide bonds. The highest BCUT2D eigenvalue weighted by Gasteiger charge is 2.25. The molecule has 1 aromatic carbocycles. The zero-order valence-electron chi connectivity index (χ0n) is 10.6. The summed E-state index contributed by atoms with van der Waals surface area (Å²) in [4.78, 5) is 35.9. The van der Waals surface area contributed by atoms with Crippen LogP contribution in [0.5, 0.6) is 0 Å². The molecule has 98 valence electrons. The van der Waals surface area contributed by atoms with Crippen LogP contribution in [-0.4, -0.2) is 23.9 Å². The Morgan fingerprint density at radius 3 is 2.37 bits per heavy atom. The van der Waals surface area contributed by atoms with Crippen molar-refractivity contribution < 1.29 is 19.1 Å². The van der Waals surface area contributed by atoms with E-state index in [1.54, 1.807) is 32.0 Å². The molecule has 0 bridgehead atoms. The van der Waals surface area contributed by atoms with Crippen molar-refractivity contribution in [3.63, 3.8) is 0 Å². The topological polar surface area (TPSA) is 63.7 Å². The van der Waals surface area contributed by atoms with Crippen LogP contribution in [0.15, 0.2) is 36.4 Å². The Morgan fingerprint density at radius 1 is 1.16 bits per heavy atom. The predicted molar refractivity (Wildman–Crippen MR) is 68.6 cm³/mol. The van der Waals surface area contributed by atoms with E-state index < -0.39 is 17.8 Å². The van der Waals surface area contributed by atoms with Crippen LogP contribution in [0.2, 0.25) is 0 Å². The first-order chi connectivity index (χ1) is 8.99. The fourth-order valence-corrected chi connectivity index (χ4v) is 1.71. The van der Waals surface area contributed by atoms with Crippen LogP contribution in [0.3, 0.4) is 0 Å². The first kappa shape index (κ1) is 13.0. The summed E-state index contributed by atoms with van der Waals surface area (Å²) in [7, 11) is 0. The van der Waals surface area contributed by atoms with Gasteiger partial charge < -0.3 is 4.74 Å². The van der Waals surface area contributed by atoms with E-state index in [0.717, 1.165) is 4.90 Å². The number of amides is 2. The molecule has 0 saturated heterocycles. The highest BCUT2D eigenvalue weighted by molar-refractivity contribution is 6.28. The number of carbonyl (C=O) groups is 3. The summed E-state index contributed by atoms with van der Waals surface area (Å²) in [5.41, 5.74) is 0.664. The molecule has 2 rings (SSSR count). The van der Waals surface area contributed by atoms with Gasteiger partial charge in [-0.2, -0.15) is 0 Å². The molecule has 0 atom stereocenters. The van der Waals surface area contributed by atoms with Crippen LogP contribution in [-0.2, 0) is 14.3 Å². The molecule has 0 unspecified atom stereocenters. The summed E-state index contributed by atoms with van der Waals surface area (Å²) in [6.45, 7) is 3.50. The van der Waals surface area contributed by atoms with Gasteiger partial charge in [-0.3, -0.25) is 9.59 Å². The molecule has 5 nitrogen and oxygen atoms in total. The molecule has 1 heterocycles. The highest BCUT2D eigenvalue weighted by Crippen LogP contribution is 2.20. The number of esters is 1. The van der Waals surface area contributed by atoms with E-state index in [-0.39, 0.29) is 6.10 Å². The molecule has 1 aliphatic heterocycles. The van der Waals surface area contributed by atoms with Gasteiger partial charge >= 0.3 is 5.97 Å². The van der Waals surface area contributed by atoms with E-state index >= 15 is 0 Å². The molecular weight excluding hydrogens is 246 g/mol. The molecule has 19 heavy (non-hydrogen) atoms. The van der Waals surface area contributed by atoms with Gasteiger partial charge in [-0.05, 0) is 32.0 Å². The van der Waals surface area contributed by atoms with Gasteiger partial charge in [-0.15, -0.1) is 0 Å². The number of hydrogen-bond donors (Lipinski definition) is 0. The second kappa shape index (κ2) is 5.06. The molecule has 1 aliphatic rings. The zero-order chi connectivity index (χ0) is 14.0. The minimum absolute atomic E-state index is 0.229. The van der Waals surface area contributed by atoms with Gasteiger partial charge in [0, 0.05) is 12.2 Å². The third-order valence-corrected chi connectivity index (χ3v) is 2.49. The van der Waals surface area contributed by atoms with Crippen molar-refractivity contribution >= 4 is 23.5 Å². The van der Waals surface area contributed by atoms with E-state index in [4.69, 9.17) is 4.74 Å². The molecular formula is C14H13NO4. The standard InChI is InChI=1S/C14H13NO4/c1-9(2)19-14(18)10-4-3-5-11(8-10)15-12(16)6-7-13(15)17/h3-9H,1-2H3. The minimum atomic E-state index is -0.482. The summed E-state index contributed by atoms with van der Waals surface area (Å²) in [5.74, 6) is -1.32. The van der Waals surface area contributed by atoms with Crippen LogP contribution in [0.1, 0.15) is 24.2 Å². The molecule has 0 spiro atoms. The maximum Gasteiger partial charge on any atom is 0.338 e. The highest BCUT2D eigenvalue weighted by atomic mass is 16.5. The third-order valence-electron chi connectivity index (χ3n) is 2.49. The van der Waals surface area contributed by atoms with Gasteiger partial charge in [0.25, 0.3) is 11.8 Å². The first-order valence-electron chi connectivity index (χ1n) is 5.86. The van der Waals surface area contributed by atoms with Crippen LogP contribution in [0, 0.1) is 0 Å². The number of ether oxygens (including phenoxy) is 1. The van der Waals surface area contributed by atoms with Crippen LogP contribution in [0.4, 0.5) is 5.69 Å². The lowest BCUT2D eigenvalue weighted by molar-refractivity contribution is -0.119. The molecule has 0 aliphatic carbocycles. The lowest BCUT2D eigenvalue weighted by Gasteiger charge is -2.15. The maximum atomic E-state index is 11.8. The first-order valence-corrected chi connectivity index (χ1v) is 5.86. The van der Waals surface area contributed by atoms with Crippen molar-refractivity contribution in [2.24, 2.45) is 0 Å². The molecule has 5 heteroatoms. The maximum absolute atomic E-state index is 11.8. The Hall–Kier alpha value is -2.43. The molecule has 0 aromatic heterocycles. The quantitative estimate of drug-likeness (QED) is 0.612. The van der Waals surface area contributed by atoms with Crippen molar-refractivity contribution in [1.82, 2.24) is 0 Å². The Bertz CT molecular complexity index is 557. The van der Waals surface area contributed by atoms with Gasteiger partial charge in [-0.1, -0.05) is 6.07 Å². The number of nitrogens with zero attached hydrogens (tertiary/aromatic N) is 1. The van der Waals surface area contributed by atoms with Crippen LogP contribution < -0.4 is 4.90 Å². The molecule has 0 fully saturated rings. The molecule has 0 N–H and O–H groups in total. The second-order valence-corrected chi connectivity index (χ2v) is 4.35. The second-order valence-electron chi connectivity index (χ2n) is 4.35. The number of hydrogen-bond acceptors (Lipinski definition) is 4. The third kappa shape index (κ3) is 2.70. The number of anilines is 1. The van der Waals surface area contributed by atoms with Crippen LogP contribution in [0.25, 0.3) is 0 Å². The number of rotatable bonds is 3. The number of imide groups is 1. The summed E-state index contributed by atoms with van der Waals surface area (Å²) < 4.78 is 5.06. The fraction of sp³-hybridized carbons (Fsp3) is 0.214.